The molecule has 0 aromatic carbocycles. The monoisotopic (exact) mass is 272 g/mol. The fourth-order valence-electron chi connectivity index (χ4n) is 2.26. The van der Waals surface area contributed by atoms with Gasteiger partial charge >= 0.3 is 0 Å². The van der Waals surface area contributed by atoms with Gasteiger partial charge in [0, 0.05) is 18.1 Å². The molecule has 0 bridgehead atoms. The standard InChI is InChI=1S/C15H28O2S/c1-5-7-9-12(3)15(18-13(4)17)14(11-16)10-8-6-2/h11-12,14-15H,5-10H2,1-4H3/t12-,14-,15-/m1/s1. The number of hydrogen-bond acceptors (Lipinski definition) is 3. The summed E-state index contributed by atoms with van der Waals surface area (Å²) in [5, 5.41) is 0.296. The molecular formula is C15H28O2S. The predicted octanol–water partition coefficient (Wildman–Crippen LogP) is 4.47. The molecule has 0 N–H and O–H groups in total. The van der Waals surface area contributed by atoms with Crippen LogP contribution in [0.2, 0.25) is 0 Å². The first kappa shape index (κ1) is 17.7. The Bertz CT molecular complexity index is 241. The van der Waals surface area contributed by atoms with Crippen LogP contribution in [0.5, 0.6) is 0 Å². The molecule has 2 nitrogen and oxygen atoms in total. The van der Waals surface area contributed by atoms with Crippen LogP contribution in [0.3, 0.4) is 0 Å². The SMILES string of the molecule is CCCC[C@@H](C)[C@@H](SC(C)=O)[C@@H](C=O)CCCC. The highest BCUT2D eigenvalue weighted by molar-refractivity contribution is 8.14. The summed E-state index contributed by atoms with van der Waals surface area (Å²) >= 11 is 1.37. The van der Waals surface area contributed by atoms with Crippen molar-refractivity contribution in [3.63, 3.8) is 0 Å². The molecule has 0 rings (SSSR count). The van der Waals surface area contributed by atoms with Gasteiger partial charge in [-0.15, -0.1) is 0 Å². The van der Waals surface area contributed by atoms with Gasteiger partial charge in [-0.1, -0.05) is 58.2 Å². The second-order valence-electron chi connectivity index (χ2n) is 5.14. The predicted molar refractivity (Wildman–Crippen MR) is 79.8 cm³/mol. The Labute approximate surface area is 116 Å². The van der Waals surface area contributed by atoms with Gasteiger partial charge in [0.05, 0.1) is 0 Å². The van der Waals surface area contributed by atoms with Crippen LogP contribution in [-0.4, -0.2) is 16.7 Å². The van der Waals surface area contributed by atoms with Crippen LogP contribution >= 0.6 is 11.8 Å². The molecule has 0 heterocycles. The second-order valence-corrected chi connectivity index (χ2v) is 6.49. The Balaban J connectivity index is 4.59. The Hall–Kier alpha value is -0.310. The molecule has 0 aliphatic heterocycles. The van der Waals surface area contributed by atoms with Gasteiger partial charge in [0.15, 0.2) is 5.12 Å². The smallest absolute Gasteiger partial charge is 0.186 e. The normalized spacial score (nSPS) is 16.0. The molecular weight excluding hydrogens is 244 g/mol. The van der Waals surface area contributed by atoms with E-state index < -0.39 is 0 Å². The molecule has 0 aliphatic carbocycles. The summed E-state index contributed by atoms with van der Waals surface area (Å²) < 4.78 is 0. The maximum Gasteiger partial charge on any atom is 0.186 e. The summed E-state index contributed by atoms with van der Waals surface area (Å²) in [5.41, 5.74) is 0. The average Bonchev–Trinajstić information content (AvgIpc) is 2.34. The third-order valence-electron chi connectivity index (χ3n) is 3.36. The zero-order valence-corrected chi connectivity index (χ0v) is 13.1. The largest absolute Gasteiger partial charge is 0.303 e. The fraction of sp³-hybridized carbons (Fsp3) is 0.867. The van der Waals surface area contributed by atoms with Crippen molar-refractivity contribution in [1.29, 1.82) is 0 Å². The molecule has 0 unspecified atom stereocenters. The summed E-state index contributed by atoms with van der Waals surface area (Å²) in [6.45, 7) is 8.09. The third-order valence-corrected chi connectivity index (χ3v) is 4.78. The van der Waals surface area contributed by atoms with Crippen LogP contribution in [0, 0.1) is 11.8 Å². The molecule has 0 saturated heterocycles. The van der Waals surface area contributed by atoms with Gasteiger partial charge < -0.3 is 4.79 Å². The lowest BCUT2D eigenvalue weighted by atomic mass is 9.89. The minimum Gasteiger partial charge on any atom is -0.303 e. The van der Waals surface area contributed by atoms with Crippen molar-refractivity contribution in [3.05, 3.63) is 0 Å². The van der Waals surface area contributed by atoms with E-state index in [1.165, 1.54) is 24.6 Å². The molecule has 0 aromatic rings. The number of carbonyl (C=O) groups excluding carboxylic acids is 2. The first-order chi connectivity index (χ1) is 8.56. The van der Waals surface area contributed by atoms with E-state index in [1.54, 1.807) is 6.92 Å². The van der Waals surface area contributed by atoms with E-state index >= 15 is 0 Å². The van der Waals surface area contributed by atoms with Crippen LogP contribution in [0.4, 0.5) is 0 Å². The van der Waals surface area contributed by atoms with Gasteiger partial charge in [-0.3, -0.25) is 4.79 Å². The highest BCUT2D eigenvalue weighted by Gasteiger charge is 2.27. The van der Waals surface area contributed by atoms with Crippen molar-refractivity contribution in [2.24, 2.45) is 11.8 Å². The van der Waals surface area contributed by atoms with Crippen molar-refractivity contribution in [2.45, 2.75) is 71.5 Å². The number of thioether (sulfide) groups is 1. The quantitative estimate of drug-likeness (QED) is 0.550. The molecule has 3 atom stereocenters. The molecule has 0 amide bonds. The van der Waals surface area contributed by atoms with Crippen LogP contribution in [0.1, 0.15) is 66.2 Å². The van der Waals surface area contributed by atoms with Gasteiger partial charge in [-0.2, -0.15) is 0 Å². The van der Waals surface area contributed by atoms with E-state index in [4.69, 9.17) is 0 Å². The Kier molecular flexibility index (Phi) is 10.4. The van der Waals surface area contributed by atoms with Gasteiger partial charge in [0.25, 0.3) is 0 Å². The van der Waals surface area contributed by atoms with Gasteiger partial charge in [0.2, 0.25) is 0 Å². The van der Waals surface area contributed by atoms with Gasteiger partial charge in [-0.25, -0.2) is 0 Å². The summed E-state index contributed by atoms with van der Waals surface area (Å²) in [6, 6.07) is 0. The van der Waals surface area contributed by atoms with E-state index in [0.29, 0.717) is 5.92 Å². The van der Waals surface area contributed by atoms with Crippen molar-refractivity contribution in [2.75, 3.05) is 0 Å². The first-order valence-electron chi connectivity index (χ1n) is 7.19. The average molecular weight is 272 g/mol. The van der Waals surface area contributed by atoms with E-state index in [0.717, 1.165) is 32.0 Å². The van der Waals surface area contributed by atoms with Crippen LogP contribution in [-0.2, 0) is 9.59 Å². The lowest BCUT2D eigenvalue weighted by Gasteiger charge is -2.27. The fourth-order valence-corrected chi connectivity index (χ4v) is 3.38. The van der Waals surface area contributed by atoms with Crippen molar-refractivity contribution < 1.29 is 9.59 Å². The van der Waals surface area contributed by atoms with E-state index in [-0.39, 0.29) is 16.3 Å². The topological polar surface area (TPSA) is 34.1 Å². The lowest BCUT2D eigenvalue weighted by Crippen LogP contribution is -2.27. The van der Waals surface area contributed by atoms with Crippen LogP contribution in [0.25, 0.3) is 0 Å². The zero-order valence-electron chi connectivity index (χ0n) is 12.3. The molecule has 0 saturated carbocycles. The molecule has 0 spiro atoms. The van der Waals surface area contributed by atoms with Crippen molar-refractivity contribution >= 4 is 23.2 Å². The maximum atomic E-state index is 11.4. The Morgan fingerprint density at radius 2 is 1.72 bits per heavy atom. The first-order valence-corrected chi connectivity index (χ1v) is 8.07. The van der Waals surface area contributed by atoms with E-state index in [9.17, 15) is 9.59 Å². The summed E-state index contributed by atoms with van der Waals surface area (Å²) in [6.07, 6.45) is 7.61. The molecule has 0 aromatic heterocycles. The zero-order chi connectivity index (χ0) is 14.0. The number of carbonyl (C=O) groups is 2. The number of unbranched alkanes of at least 4 members (excludes halogenated alkanes) is 2. The van der Waals surface area contributed by atoms with Crippen molar-refractivity contribution in [3.8, 4) is 0 Å². The van der Waals surface area contributed by atoms with Crippen LogP contribution < -0.4 is 0 Å². The number of aldehydes is 1. The molecule has 0 fully saturated rings. The summed E-state index contributed by atoms with van der Waals surface area (Å²) in [5.74, 6) is 0.469. The molecule has 106 valence electrons. The lowest BCUT2D eigenvalue weighted by molar-refractivity contribution is -0.111. The summed E-state index contributed by atoms with van der Waals surface area (Å²) in [7, 11) is 0. The number of rotatable bonds is 10. The van der Waals surface area contributed by atoms with Crippen LogP contribution in [0.15, 0.2) is 0 Å². The van der Waals surface area contributed by atoms with E-state index in [2.05, 4.69) is 20.8 Å². The Morgan fingerprint density at radius 1 is 1.17 bits per heavy atom. The van der Waals surface area contributed by atoms with E-state index in [1.807, 2.05) is 0 Å². The van der Waals surface area contributed by atoms with Gasteiger partial charge in [0.1, 0.15) is 6.29 Å². The molecule has 3 heteroatoms. The van der Waals surface area contributed by atoms with Crippen molar-refractivity contribution in [1.82, 2.24) is 0 Å². The maximum absolute atomic E-state index is 11.4. The molecule has 0 radical (unpaired) electrons. The number of hydrogen-bond donors (Lipinski definition) is 0. The Morgan fingerprint density at radius 3 is 2.17 bits per heavy atom. The minimum atomic E-state index is 0.0331. The molecule has 0 aliphatic rings. The highest BCUT2D eigenvalue weighted by atomic mass is 32.2. The third kappa shape index (κ3) is 7.20. The minimum absolute atomic E-state index is 0.0331. The van der Waals surface area contributed by atoms with Gasteiger partial charge in [-0.05, 0) is 18.8 Å². The molecule has 18 heavy (non-hydrogen) atoms. The summed E-state index contributed by atoms with van der Waals surface area (Å²) in [4.78, 5) is 22.7. The second kappa shape index (κ2) is 10.6. The highest BCUT2D eigenvalue weighted by Crippen LogP contribution is 2.32.